The highest BCUT2D eigenvalue weighted by molar-refractivity contribution is 5.50. The number of halogens is 1. The van der Waals surface area contributed by atoms with Gasteiger partial charge < -0.3 is 4.79 Å². The van der Waals surface area contributed by atoms with E-state index in [4.69, 9.17) is 0 Å². The maximum Gasteiger partial charge on any atom is 0.122 e. The molecule has 0 heterocycles. The van der Waals surface area contributed by atoms with Crippen molar-refractivity contribution in [2.75, 3.05) is 0 Å². The van der Waals surface area contributed by atoms with Crippen LogP contribution in [0.15, 0.2) is 18.2 Å². The Hall–Kier alpha value is -1.18. The maximum absolute atomic E-state index is 13.0. The molecule has 76 valence electrons. The van der Waals surface area contributed by atoms with Crippen molar-refractivity contribution in [3.05, 3.63) is 34.9 Å². The fraction of sp³-hybridized carbons (Fsp3) is 0.417. The zero-order valence-corrected chi connectivity index (χ0v) is 8.59. The van der Waals surface area contributed by atoms with Crippen molar-refractivity contribution in [1.82, 2.24) is 0 Å². The summed E-state index contributed by atoms with van der Waals surface area (Å²) in [4.78, 5) is 10.2. The van der Waals surface area contributed by atoms with E-state index in [1.54, 1.807) is 6.07 Å². The van der Waals surface area contributed by atoms with E-state index in [9.17, 15) is 9.18 Å². The summed E-state index contributed by atoms with van der Waals surface area (Å²) < 4.78 is 13.0. The van der Waals surface area contributed by atoms with Gasteiger partial charge >= 0.3 is 0 Å². The summed E-state index contributed by atoms with van der Waals surface area (Å²) in [5.74, 6) is 0. The second-order valence-corrected chi connectivity index (χ2v) is 3.51. The van der Waals surface area contributed by atoms with Crippen molar-refractivity contribution in [2.45, 2.75) is 32.9 Å². The quantitative estimate of drug-likeness (QED) is 0.673. The number of hydrogen-bond donors (Lipinski definition) is 0. The zero-order chi connectivity index (χ0) is 10.6. The van der Waals surface area contributed by atoms with Crippen LogP contribution in [-0.4, -0.2) is 6.29 Å². The molecular formula is C12H15FO. The highest BCUT2D eigenvalue weighted by Gasteiger charge is 2.05. The minimum Gasteiger partial charge on any atom is -0.303 e. The molecule has 0 saturated heterocycles. The molecule has 0 bridgehead atoms. The zero-order valence-electron chi connectivity index (χ0n) is 8.59. The van der Waals surface area contributed by atoms with Gasteiger partial charge in [0.2, 0.25) is 0 Å². The first kappa shape index (κ1) is 10.9. The molecule has 0 aliphatic heterocycles. The molecule has 0 radical (unpaired) electrons. The molecule has 1 nitrogen and oxygen atoms in total. The second kappa shape index (κ2) is 4.89. The molecule has 0 fully saturated rings. The molecule has 0 aromatic heterocycles. The van der Waals surface area contributed by atoms with Crippen LogP contribution < -0.4 is 0 Å². The Morgan fingerprint density at radius 2 is 2.21 bits per heavy atom. The van der Waals surface area contributed by atoms with E-state index in [1.807, 2.05) is 19.1 Å². The van der Waals surface area contributed by atoms with Gasteiger partial charge in [-0.05, 0) is 37.0 Å². The lowest BCUT2D eigenvalue weighted by Gasteiger charge is -2.08. The molecular weight excluding hydrogens is 179 g/mol. The monoisotopic (exact) mass is 194 g/mol. The average Bonchev–Trinajstić information content (AvgIpc) is 2.16. The lowest BCUT2D eigenvalue weighted by Crippen LogP contribution is -1.94. The molecule has 1 rings (SSSR count). The molecule has 0 aliphatic carbocycles. The number of aryl methyl sites for hydroxylation is 2. The van der Waals surface area contributed by atoms with E-state index in [-0.39, 0.29) is 0 Å². The Balaban J connectivity index is 2.90. The number of benzene rings is 1. The molecule has 1 unspecified atom stereocenters. The van der Waals surface area contributed by atoms with Crippen LogP contribution in [0.5, 0.6) is 0 Å². The summed E-state index contributed by atoms with van der Waals surface area (Å²) in [5.41, 5.74) is 2.88. The molecule has 0 amide bonds. The third-order valence-electron chi connectivity index (χ3n) is 2.36. The Morgan fingerprint density at radius 3 is 2.79 bits per heavy atom. The predicted molar refractivity (Wildman–Crippen MR) is 55.1 cm³/mol. The molecule has 1 aromatic rings. The standard InChI is InChI=1S/C12H15FO/c1-9-5-6-12(10(2)13)8-11(9)4-3-7-14/h5-8,10H,3-4H2,1-2H3. The van der Waals surface area contributed by atoms with Gasteiger partial charge in [0.25, 0.3) is 0 Å². The lowest BCUT2D eigenvalue weighted by atomic mass is 9.99. The van der Waals surface area contributed by atoms with E-state index >= 15 is 0 Å². The van der Waals surface area contributed by atoms with Crippen LogP contribution in [0.25, 0.3) is 0 Å². The number of carbonyl (C=O) groups excluding carboxylic acids is 1. The van der Waals surface area contributed by atoms with E-state index < -0.39 is 6.17 Å². The van der Waals surface area contributed by atoms with Crippen molar-refractivity contribution >= 4 is 6.29 Å². The van der Waals surface area contributed by atoms with Gasteiger partial charge in [0.05, 0.1) is 0 Å². The summed E-state index contributed by atoms with van der Waals surface area (Å²) in [5, 5.41) is 0. The van der Waals surface area contributed by atoms with Crippen molar-refractivity contribution < 1.29 is 9.18 Å². The normalized spacial score (nSPS) is 12.5. The van der Waals surface area contributed by atoms with Gasteiger partial charge in [0, 0.05) is 6.42 Å². The SMILES string of the molecule is Cc1ccc(C(C)F)cc1CCC=O. The summed E-state index contributed by atoms with van der Waals surface area (Å²) in [6.45, 7) is 3.50. The van der Waals surface area contributed by atoms with E-state index in [0.29, 0.717) is 18.4 Å². The number of carbonyl (C=O) groups is 1. The highest BCUT2D eigenvalue weighted by Crippen LogP contribution is 2.20. The van der Waals surface area contributed by atoms with E-state index in [2.05, 4.69) is 0 Å². The predicted octanol–water partition coefficient (Wildman–Crippen LogP) is 3.16. The molecule has 0 saturated carbocycles. The van der Waals surface area contributed by atoms with Crippen LogP contribution >= 0.6 is 0 Å². The minimum absolute atomic E-state index is 0.505. The Labute approximate surface area is 83.9 Å². The van der Waals surface area contributed by atoms with Gasteiger partial charge in [-0.1, -0.05) is 18.2 Å². The topological polar surface area (TPSA) is 17.1 Å². The van der Waals surface area contributed by atoms with Crippen LogP contribution in [0.4, 0.5) is 4.39 Å². The van der Waals surface area contributed by atoms with Crippen molar-refractivity contribution in [1.29, 1.82) is 0 Å². The Kier molecular flexibility index (Phi) is 3.81. The number of hydrogen-bond acceptors (Lipinski definition) is 1. The largest absolute Gasteiger partial charge is 0.303 e. The van der Waals surface area contributed by atoms with Crippen LogP contribution in [0.2, 0.25) is 0 Å². The fourth-order valence-corrected chi connectivity index (χ4v) is 1.42. The van der Waals surface area contributed by atoms with Crippen molar-refractivity contribution in [3.8, 4) is 0 Å². The molecule has 2 heteroatoms. The van der Waals surface area contributed by atoms with Crippen molar-refractivity contribution in [2.24, 2.45) is 0 Å². The summed E-state index contributed by atoms with van der Waals surface area (Å²) in [6.07, 6.45) is 1.16. The van der Waals surface area contributed by atoms with Gasteiger partial charge in [0.15, 0.2) is 0 Å². The van der Waals surface area contributed by atoms with Gasteiger partial charge in [-0.3, -0.25) is 0 Å². The second-order valence-electron chi connectivity index (χ2n) is 3.51. The molecule has 1 aromatic carbocycles. The third-order valence-corrected chi connectivity index (χ3v) is 2.36. The van der Waals surface area contributed by atoms with Crippen LogP contribution in [0, 0.1) is 6.92 Å². The van der Waals surface area contributed by atoms with Crippen LogP contribution in [-0.2, 0) is 11.2 Å². The highest BCUT2D eigenvalue weighted by atomic mass is 19.1. The first-order valence-corrected chi connectivity index (χ1v) is 4.82. The number of aldehydes is 1. The first-order valence-electron chi connectivity index (χ1n) is 4.82. The molecule has 0 N–H and O–H groups in total. The maximum atomic E-state index is 13.0. The summed E-state index contributed by atoms with van der Waals surface area (Å²) in [7, 11) is 0. The first-order chi connectivity index (χ1) is 6.65. The van der Waals surface area contributed by atoms with Gasteiger partial charge in [-0.15, -0.1) is 0 Å². The third kappa shape index (κ3) is 2.66. The Morgan fingerprint density at radius 1 is 1.50 bits per heavy atom. The molecule has 1 atom stereocenters. The van der Waals surface area contributed by atoms with Gasteiger partial charge in [-0.25, -0.2) is 4.39 Å². The van der Waals surface area contributed by atoms with Crippen LogP contribution in [0.1, 0.15) is 36.2 Å². The number of rotatable bonds is 4. The fourth-order valence-electron chi connectivity index (χ4n) is 1.42. The number of alkyl halides is 1. The van der Waals surface area contributed by atoms with E-state index in [0.717, 1.165) is 17.4 Å². The molecule has 0 aliphatic rings. The smallest absolute Gasteiger partial charge is 0.122 e. The Bertz CT molecular complexity index is 318. The lowest BCUT2D eigenvalue weighted by molar-refractivity contribution is -0.107. The summed E-state index contributed by atoms with van der Waals surface area (Å²) in [6, 6.07) is 5.56. The van der Waals surface area contributed by atoms with Gasteiger partial charge in [-0.2, -0.15) is 0 Å². The molecule has 0 spiro atoms. The van der Waals surface area contributed by atoms with Crippen LogP contribution in [0.3, 0.4) is 0 Å². The van der Waals surface area contributed by atoms with Gasteiger partial charge in [0.1, 0.15) is 12.5 Å². The molecule has 14 heavy (non-hydrogen) atoms. The van der Waals surface area contributed by atoms with E-state index in [1.165, 1.54) is 6.92 Å². The average molecular weight is 194 g/mol. The van der Waals surface area contributed by atoms with Crippen molar-refractivity contribution in [3.63, 3.8) is 0 Å². The summed E-state index contributed by atoms with van der Waals surface area (Å²) >= 11 is 0. The minimum atomic E-state index is -0.939.